The molecule has 3 aromatic rings. The number of aromatic nitrogens is 2. The van der Waals surface area contributed by atoms with Gasteiger partial charge < -0.3 is 4.98 Å². The van der Waals surface area contributed by atoms with Gasteiger partial charge in [0.15, 0.2) is 4.77 Å². The third kappa shape index (κ3) is 2.05. The minimum absolute atomic E-state index is 0.253. The molecule has 102 valence electrons. The molecule has 0 aliphatic rings. The van der Waals surface area contributed by atoms with E-state index in [4.69, 9.17) is 23.8 Å². The number of aromatic amines is 1. The van der Waals surface area contributed by atoms with Crippen molar-refractivity contribution in [1.82, 2.24) is 9.55 Å². The smallest absolute Gasteiger partial charge is 0.182 e. The Morgan fingerprint density at radius 2 is 1.95 bits per heavy atom. The zero-order chi connectivity index (χ0) is 14.4. The van der Waals surface area contributed by atoms with Crippen LogP contribution in [0.1, 0.15) is 11.1 Å². The van der Waals surface area contributed by atoms with E-state index in [-0.39, 0.29) is 5.82 Å². The summed E-state index contributed by atoms with van der Waals surface area (Å²) in [5.41, 5.74) is 3.94. The molecule has 0 fully saturated rings. The van der Waals surface area contributed by atoms with Gasteiger partial charge in [-0.25, -0.2) is 4.39 Å². The Balaban J connectivity index is 2.42. The van der Waals surface area contributed by atoms with E-state index in [2.05, 4.69) is 4.98 Å². The van der Waals surface area contributed by atoms with Crippen molar-refractivity contribution in [3.63, 3.8) is 0 Å². The van der Waals surface area contributed by atoms with Crippen LogP contribution in [0.4, 0.5) is 4.39 Å². The molecule has 0 spiro atoms. The highest BCUT2D eigenvalue weighted by Crippen LogP contribution is 2.27. The van der Waals surface area contributed by atoms with Gasteiger partial charge in [0.1, 0.15) is 5.82 Å². The molecule has 0 amide bonds. The number of H-pyrrole nitrogens is 1. The first kappa shape index (κ1) is 13.3. The fourth-order valence-corrected chi connectivity index (χ4v) is 2.77. The van der Waals surface area contributed by atoms with Crippen molar-refractivity contribution in [3.05, 3.63) is 57.1 Å². The Morgan fingerprint density at radius 3 is 2.70 bits per heavy atom. The molecule has 0 radical (unpaired) electrons. The lowest BCUT2D eigenvalue weighted by Crippen LogP contribution is -1.96. The molecule has 1 aromatic heterocycles. The topological polar surface area (TPSA) is 20.7 Å². The molecular formula is C15H12ClFN2S. The van der Waals surface area contributed by atoms with Crippen LogP contribution in [0.15, 0.2) is 30.3 Å². The average molecular weight is 307 g/mol. The number of halogens is 2. The highest BCUT2D eigenvalue weighted by Gasteiger charge is 2.12. The third-order valence-electron chi connectivity index (χ3n) is 3.31. The van der Waals surface area contributed by atoms with E-state index in [1.54, 1.807) is 13.0 Å². The predicted octanol–water partition coefficient (Wildman–Crippen LogP) is 5.10. The summed E-state index contributed by atoms with van der Waals surface area (Å²) < 4.78 is 16.0. The maximum atomic E-state index is 13.6. The quantitative estimate of drug-likeness (QED) is 0.620. The minimum atomic E-state index is -0.253. The number of imidazole rings is 1. The number of fused-ring (bicyclic) bond motifs is 1. The first-order chi connectivity index (χ1) is 9.47. The highest BCUT2D eigenvalue weighted by atomic mass is 35.5. The van der Waals surface area contributed by atoms with Crippen molar-refractivity contribution < 1.29 is 4.39 Å². The fraction of sp³-hybridized carbons (Fsp3) is 0.133. The molecular weight excluding hydrogens is 295 g/mol. The number of nitrogens with zero attached hydrogens (tertiary/aromatic N) is 1. The minimum Gasteiger partial charge on any atom is -0.330 e. The van der Waals surface area contributed by atoms with E-state index < -0.39 is 0 Å². The van der Waals surface area contributed by atoms with Gasteiger partial charge >= 0.3 is 0 Å². The first-order valence-electron chi connectivity index (χ1n) is 6.15. The lowest BCUT2D eigenvalue weighted by molar-refractivity contribution is 0.620. The second-order valence-electron chi connectivity index (χ2n) is 4.84. The predicted molar refractivity (Wildman–Crippen MR) is 82.9 cm³/mol. The molecule has 0 aliphatic carbocycles. The van der Waals surface area contributed by atoms with Crippen LogP contribution in [0.25, 0.3) is 16.7 Å². The van der Waals surface area contributed by atoms with E-state index in [1.165, 1.54) is 6.07 Å². The summed E-state index contributed by atoms with van der Waals surface area (Å²) in [4.78, 5) is 3.02. The van der Waals surface area contributed by atoms with Crippen molar-refractivity contribution >= 4 is 34.9 Å². The van der Waals surface area contributed by atoms with Gasteiger partial charge in [0.05, 0.1) is 21.7 Å². The van der Waals surface area contributed by atoms with Crippen molar-refractivity contribution in [1.29, 1.82) is 0 Å². The molecule has 1 N–H and O–H groups in total. The number of aryl methyl sites for hydroxylation is 2. The van der Waals surface area contributed by atoms with Crippen LogP contribution in [-0.4, -0.2) is 9.55 Å². The standard InChI is InChI=1S/C15H12ClFN2S/c1-8-3-4-10(16)13(5-8)19-14-6-9(2)11(17)7-12(14)18-15(19)20/h3-7H,1-2H3,(H,18,20). The van der Waals surface area contributed by atoms with Gasteiger partial charge in [-0.3, -0.25) is 4.57 Å². The van der Waals surface area contributed by atoms with Crippen LogP contribution >= 0.6 is 23.8 Å². The summed E-state index contributed by atoms with van der Waals surface area (Å²) in [7, 11) is 0. The zero-order valence-corrected chi connectivity index (χ0v) is 12.6. The molecule has 0 saturated carbocycles. The molecule has 0 bridgehead atoms. The summed E-state index contributed by atoms with van der Waals surface area (Å²) in [5.74, 6) is -0.253. The SMILES string of the molecule is Cc1ccc(Cl)c(-n2c(=S)[nH]c3cc(F)c(C)cc32)c1. The lowest BCUT2D eigenvalue weighted by Gasteiger charge is -2.08. The van der Waals surface area contributed by atoms with Gasteiger partial charge in [0.25, 0.3) is 0 Å². The maximum absolute atomic E-state index is 13.6. The van der Waals surface area contributed by atoms with Gasteiger partial charge in [-0.05, 0) is 61.5 Å². The van der Waals surface area contributed by atoms with Gasteiger partial charge in [0.2, 0.25) is 0 Å². The second-order valence-corrected chi connectivity index (χ2v) is 5.63. The Hall–Kier alpha value is -1.65. The molecule has 20 heavy (non-hydrogen) atoms. The van der Waals surface area contributed by atoms with Crippen LogP contribution in [0.2, 0.25) is 5.02 Å². The molecule has 0 atom stereocenters. The average Bonchev–Trinajstić information content (AvgIpc) is 2.69. The number of rotatable bonds is 1. The Labute approximate surface area is 125 Å². The van der Waals surface area contributed by atoms with E-state index in [9.17, 15) is 4.39 Å². The van der Waals surface area contributed by atoms with E-state index in [1.807, 2.05) is 29.7 Å². The molecule has 3 rings (SSSR count). The summed E-state index contributed by atoms with van der Waals surface area (Å²) in [6.07, 6.45) is 0. The van der Waals surface area contributed by atoms with Crippen LogP contribution in [0.5, 0.6) is 0 Å². The number of benzene rings is 2. The van der Waals surface area contributed by atoms with Crippen LogP contribution < -0.4 is 0 Å². The van der Waals surface area contributed by atoms with Crippen molar-refractivity contribution in [2.75, 3.05) is 0 Å². The fourth-order valence-electron chi connectivity index (χ4n) is 2.27. The molecule has 2 aromatic carbocycles. The highest BCUT2D eigenvalue weighted by molar-refractivity contribution is 7.71. The van der Waals surface area contributed by atoms with Gasteiger partial charge in [-0.1, -0.05) is 17.7 Å². The Bertz CT molecular complexity index is 879. The van der Waals surface area contributed by atoms with Crippen LogP contribution in [0.3, 0.4) is 0 Å². The summed E-state index contributed by atoms with van der Waals surface area (Å²) in [5, 5.41) is 0.606. The molecule has 2 nitrogen and oxygen atoms in total. The number of hydrogen-bond acceptors (Lipinski definition) is 1. The summed E-state index contributed by atoms with van der Waals surface area (Å²) >= 11 is 11.6. The molecule has 0 saturated heterocycles. The molecule has 0 unspecified atom stereocenters. The normalized spacial score (nSPS) is 11.2. The molecule has 0 aliphatic heterocycles. The summed E-state index contributed by atoms with van der Waals surface area (Å²) in [6.45, 7) is 3.72. The maximum Gasteiger partial charge on any atom is 0.182 e. The van der Waals surface area contributed by atoms with Crippen molar-refractivity contribution in [2.45, 2.75) is 13.8 Å². The van der Waals surface area contributed by atoms with Crippen molar-refractivity contribution in [3.8, 4) is 5.69 Å². The van der Waals surface area contributed by atoms with Gasteiger partial charge in [-0.2, -0.15) is 0 Å². The molecule has 5 heteroatoms. The Kier molecular flexibility index (Phi) is 3.15. The van der Waals surface area contributed by atoms with E-state index >= 15 is 0 Å². The number of hydrogen-bond donors (Lipinski definition) is 1. The monoisotopic (exact) mass is 306 g/mol. The number of nitrogens with one attached hydrogen (secondary N) is 1. The van der Waals surface area contributed by atoms with Gasteiger partial charge in [0, 0.05) is 0 Å². The molecule has 1 heterocycles. The Morgan fingerprint density at radius 1 is 1.20 bits per heavy atom. The summed E-state index contributed by atoms with van der Waals surface area (Å²) in [6, 6.07) is 8.97. The third-order valence-corrected chi connectivity index (χ3v) is 3.91. The van der Waals surface area contributed by atoms with Crippen molar-refractivity contribution in [2.24, 2.45) is 0 Å². The van der Waals surface area contributed by atoms with Crippen LogP contribution in [-0.2, 0) is 0 Å². The van der Waals surface area contributed by atoms with Gasteiger partial charge in [-0.15, -0.1) is 0 Å². The second kappa shape index (κ2) is 4.72. The van der Waals surface area contributed by atoms with Crippen LogP contribution in [0, 0.1) is 24.4 Å². The first-order valence-corrected chi connectivity index (χ1v) is 6.93. The lowest BCUT2D eigenvalue weighted by atomic mass is 10.2. The van der Waals surface area contributed by atoms with E-state index in [0.717, 1.165) is 16.8 Å². The largest absolute Gasteiger partial charge is 0.330 e. The zero-order valence-electron chi connectivity index (χ0n) is 11.0. The van der Waals surface area contributed by atoms with E-state index in [0.29, 0.717) is 20.9 Å².